The molecule has 282 valence electrons. The Hall–Kier alpha value is -5.42. The Morgan fingerprint density at radius 2 is 0.929 bits per heavy atom. The number of nitrogens with zero attached hydrogens (tertiary/aromatic N) is 2. The summed E-state index contributed by atoms with van der Waals surface area (Å²) in [7, 11) is 0. The van der Waals surface area contributed by atoms with Crippen molar-refractivity contribution in [2.75, 3.05) is 23.0 Å². The summed E-state index contributed by atoms with van der Waals surface area (Å²) >= 11 is 0. The van der Waals surface area contributed by atoms with Crippen molar-refractivity contribution in [3.63, 3.8) is 0 Å². The highest BCUT2D eigenvalue weighted by atomic mass is 16.5. The van der Waals surface area contributed by atoms with E-state index in [9.17, 15) is 0 Å². The van der Waals surface area contributed by atoms with Gasteiger partial charge in [0.15, 0.2) is 11.5 Å². The summed E-state index contributed by atoms with van der Waals surface area (Å²) in [6.45, 7) is 21.9. The zero-order chi connectivity index (χ0) is 39.1. The molecule has 0 aromatic heterocycles. The lowest BCUT2D eigenvalue weighted by atomic mass is 9.33. The molecule has 3 aliphatic heterocycles. The lowest BCUT2D eigenvalue weighted by Gasteiger charge is -2.45. The van der Waals surface area contributed by atoms with Crippen LogP contribution in [0.25, 0.3) is 11.1 Å². The molecule has 0 fully saturated rings. The summed E-state index contributed by atoms with van der Waals surface area (Å²) in [5.74, 6) is 1.63. The van der Waals surface area contributed by atoms with E-state index in [1.54, 1.807) is 0 Å². The molecule has 0 N–H and O–H groups in total. The van der Waals surface area contributed by atoms with Gasteiger partial charge in [-0.15, -0.1) is 0 Å². The third kappa shape index (κ3) is 6.16. The molecule has 5 heteroatoms. The molecule has 0 aliphatic carbocycles. The van der Waals surface area contributed by atoms with Gasteiger partial charge in [0.05, 0.1) is 13.2 Å². The fourth-order valence-electron chi connectivity index (χ4n) is 8.70. The third-order valence-corrected chi connectivity index (χ3v) is 11.9. The van der Waals surface area contributed by atoms with E-state index < -0.39 is 0 Å². The van der Waals surface area contributed by atoms with E-state index in [2.05, 4.69) is 193 Å². The van der Waals surface area contributed by atoms with Gasteiger partial charge in [0.2, 0.25) is 0 Å². The molecule has 0 unspecified atom stereocenters. The zero-order valence-corrected chi connectivity index (χ0v) is 34.5. The van der Waals surface area contributed by atoms with Crippen LogP contribution in [-0.4, -0.2) is 19.9 Å². The molecule has 0 spiro atoms. The van der Waals surface area contributed by atoms with Crippen molar-refractivity contribution < 1.29 is 9.47 Å². The number of hydrogen-bond donors (Lipinski definition) is 0. The van der Waals surface area contributed by atoms with Crippen LogP contribution in [0.15, 0.2) is 121 Å². The molecule has 0 saturated heterocycles. The second-order valence-electron chi connectivity index (χ2n) is 18.9. The molecule has 0 radical (unpaired) electrons. The molecule has 3 aliphatic rings. The van der Waals surface area contributed by atoms with E-state index in [0.29, 0.717) is 13.2 Å². The zero-order valence-electron chi connectivity index (χ0n) is 34.5. The molecule has 3 heterocycles. The van der Waals surface area contributed by atoms with Crippen molar-refractivity contribution >= 4 is 57.2 Å². The van der Waals surface area contributed by atoms with Crippen LogP contribution in [0.3, 0.4) is 0 Å². The maximum Gasteiger partial charge on any atom is 0.252 e. The van der Waals surface area contributed by atoms with Gasteiger partial charge in [0.25, 0.3) is 6.71 Å². The smallest absolute Gasteiger partial charge is 0.252 e. The van der Waals surface area contributed by atoms with Crippen molar-refractivity contribution in [3.8, 4) is 22.6 Å². The molecular weight excluding hydrogens is 683 g/mol. The lowest BCUT2D eigenvalue weighted by Crippen LogP contribution is -2.61. The van der Waals surface area contributed by atoms with Gasteiger partial charge < -0.3 is 19.3 Å². The van der Waals surface area contributed by atoms with Crippen molar-refractivity contribution in [3.05, 3.63) is 138 Å². The minimum Gasteiger partial charge on any atom is -0.490 e. The molecule has 0 amide bonds. The first kappa shape index (κ1) is 36.2. The van der Waals surface area contributed by atoms with E-state index in [1.807, 2.05) is 0 Å². The highest BCUT2D eigenvalue weighted by molar-refractivity contribution is 7.00. The van der Waals surface area contributed by atoms with Crippen LogP contribution >= 0.6 is 0 Å². The predicted octanol–water partition coefficient (Wildman–Crippen LogP) is 11.5. The molecule has 0 bridgehead atoms. The maximum atomic E-state index is 6.46. The molecule has 56 heavy (non-hydrogen) atoms. The fraction of sp³-hybridized carbons (Fsp3) is 0.294. The summed E-state index contributed by atoms with van der Waals surface area (Å²) < 4.78 is 12.9. The van der Waals surface area contributed by atoms with Crippen molar-refractivity contribution in [1.29, 1.82) is 0 Å². The van der Waals surface area contributed by atoms with Crippen molar-refractivity contribution in [1.82, 2.24) is 0 Å². The Balaban J connectivity index is 1.39. The fourth-order valence-corrected chi connectivity index (χ4v) is 8.70. The van der Waals surface area contributed by atoms with E-state index in [-0.39, 0.29) is 23.0 Å². The Kier molecular flexibility index (Phi) is 8.47. The van der Waals surface area contributed by atoms with Crippen LogP contribution in [0.1, 0.15) is 85.4 Å². The lowest BCUT2D eigenvalue weighted by molar-refractivity contribution is 0.297. The summed E-state index contributed by atoms with van der Waals surface area (Å²) in [5.41, 5.74) is 17.2. The van der Waals surface area contributed by atoms with Gasteiger partial charge in [-0.1, -0.05) is 129 Å². The van der Waals surface area contributed by atoms with Crippen molar-refractivity contribution in [2.24, 2.45) is 0 Å². The molecular formula is C51H53BN2O2. The minimum absolute atomic E-state index is 0.0302. The van der Waals surface area contributed by atoms with E-state index >= 15 is 0 Å². The van der Waals surface area contributed by atoms with Gasteiger partial charge >= 0.3 is 0 Å². The number of benzene rings is 6. The number of hydrogen-bond acceptors (Lipinski definition) is 4. The Morgan fingerprint density at radius 3 is 1.46 bits per heavy atom. The van der Waals surface area contributed by atoms with Gasteiger partial charge in [-0.2, -0.15) is 0 Å². The first-order chi connectivity index (χ1) is 26.7. The van der Waals surface area contributed by atoms with E-state index in [0.717, 1.165) is 35.0 Å². The molecule has 4 nitrogen and oxygen atoms in total. The maximum absolute atomic E-state index is 6.46. The first-order valence-electron chi connectivity index (χ1n) is 20.3. The van der Waals surface area contributed by atoms with Crippen LogP contribution in [0.2, 0.25) is 0 Å². The number of anilines is 6. The SMILES string of the molecule is CC(C)(C)c1ccc(N2c3ccc(C(C)(C)C)cc3B3c4cc5c(cc4N(c4ccc(C(C)(C)C)cc4)c4cc(-c6ccccc6)cc2c43)OCCCO5)cc1. The standard InChI is InChI=1S/C51H53BN2O2/c1-49(2,3)35-16-21-38(22-17-35)53-42-25-20-37(51(7,8)9)30-40(42)52-41-31-46-47(56-27-13-26-55-46)32-43(41)54(39-23-18-36(19-24-39)50(4,5)6)45-29-34(28-44(53)48(45)52)33-14-11-10-12-15-33/h10-12,14-25,28-32H,13,26-27H2,1-9H3. The van der Waals surface area contributed by atoms with Crippen molar-refractivity contribution in [2.45, 2.75) is 85.0 Å². The summed E-state index contributed by atoms with van der Waals surface area (Å²) in [6.07, 6.45) is 0.853. The predicted molar refractivity (Wildman–Crippen MR) is 238 cm³/mol. The van der Waals surface area contributed by atoms with E-state index in [4.69, 9.17) is 9.47 Å². The minimum atomic E-state index is -0.0375. The first-order valence-corrected chi connectivity index (χ1v) is 20.3. The Morgan fingerprint density at radius 1 is 0.446 bits per heavy atom. The van der Waals surface area contributed by atoms with E-state index in [1.165, 1.54) is 61.3 Å². The van der Waals surface area contributed by atoms with Gasteiger partial charge in [-0.25, -0.2) is 0 Å². The number of rotatable bonds is 3. The average molecular weight is 737 g/mol. The summed E-state index contributed by atoms with van der Waals surface area (Å²) in [5, 5.41) is 0. The second kappa shape index (κ2) is 13.1. The number of ether oxygens (including phenoxy) is 2. The van der Waals surface area contributed by atoms with Crippen LogP contribution in [0.4, 0.5) is 34.1 Å². The van der Waals surface area contributed by atoms with Gasteiger partial charge in [-0.3, -0.25) is 0 Å². The molecule has 0 atom stereocenters. The van der Waals surface area contributed by atoms with Gasteiger partial charge in [0, 0.05) is 46.6 Å². The Labute approximate surface area is 334 Å². The normalized spacial score (nSPS) is 14.8. The average Bonchev–Trinajstić information content (AvgIpc) is 3.41. The summed E-state index contributed by atoms with van der Waals surface area (Å²) in [6, 6.07) is 45.8. The molecule has 9 rings (SSSR count). The second-order valence-corrected chi connectivity index (χ2v) is 18.9. The molecule has 0 saturated carbocycles. The van der Waals surface area contributed by atoms with Crippen LogP contribution in [0, 0.1) is 0 Å². The topological polar surface area (TPSA) is 24.9 Å². The summed E-state index contributed by atoms with van der Waals surface area (Å²) in [4.78, 5) is 5.00. The van der Waals surface area contributed by atoms with Gasteiger partial charge in [0.1, 0.15) is 0 Å². The van der Waals surface area contributed by atoms with Crippen LogP contribution in [0.5, 0.6) is 11.5 Å². The highest BCUT2D eigenvalue weighted by Crippen LogP contribution is 2.48. The monoisotopic (exact) mass is 736 g/mol. The third-order valence-electron chi connectivity index (χ3n) is 11.9. The van der Waals surface area contributed by atoms with Crippen LogP contribution in [-0.2, 0) is 16.2 Å². The largest absolute Gasteiger partial charge is 0.490 e. The Bertz CT molecular complexity index is 2450. The molecule has 6 aromatic rings. The van der Waals surface area contributed by atoms with Crippen LogP contribution < -0.4 is 35.7 Å². The number of fused-ring (bicyclic) bond motifs is 5. The quantitative estimate of drug-likeness (QED) is 0.169. The molecule has 6 aromatic carbocycles. The highest BCUT2D eigenvalue weighted by Gasteiger charge is 2.45. The van der Waals surface area contributed by atoms with Gasteiger partial charge in [-0.05, 0) is 109 Å².